The van der Waals surface area contributed by atoms with Crippen LogP contribution in [-0.4, -0.2) is 17.6 Å². The molecular formula is C9H15NO3. The number of hydrogen-bond donors (Lipinski definition) is 0. The maximum atomic E-state index is 10.8. The van der Waals surface area contributed by atoms with Crippen molar-refractivity contribution in [3.05, 3.63) is 18.4 Å². The fraction of sp³-hybridized carbons (Fsp3) is 0.556. The van der Waals surface area contributed by atoms with Crippen LogP contribution >= 0.6 is 0 Å². The monoisotopic (exact) mass is 185 g/mol. The number of aromatic nitrogens is 1. The van der Waals surface area contributed by atoms with E-state index in [4.69, 9.17) is 0 Å². The minimum absolute atomic E-state index is 0.210. The first kappa shape index (κ1) is 11.7. The van der Waals surface area contributed by atoms with Crippen molar-refractivity contribution in [3.63, 3.8) is 0 Å². The van der Waals surface area contributed by atoms with Crippen LogP contribution in [0.25, 0.3) is 0 Å². The van der Waals surface area contributed by atoms with Gasteiger partial charge in [-0.25, -0.2) is 9.78 Å². The Labute approximate surface area is 77.9 Å². The normalized spacial score (nSPS) is 8.54. The van der Waals surface area contributed by atoms with E-state index in [9.17, 15) is 4.79 Å². The third kappa shape index (κ3) is 5.00. The van der Waals surface area contributed by atoms with Crippen molar-refractivity contribution in [2.24, 2.45) is 0 Å². The van der Waals surface area contributed by atoms with E-state index in [0.29, 0.717) is 6.61 Å². The van der Waals surface area contributed by atoms with E-state index in [1.807, 2.05) is 0 Å². The van der Waals surface area contributed by atoms with Crippen molar-refractivity contribution in [3.8, 4) is 0 Å². The zero-order valence-electron chi connectivity index (χ0n) is 8.24. The van der Waals surface area contributed by atoms with Crippen LogP contribution in [0.2, 0.25) is 0 Å². The lowest BCUT2D eigenvalue weighted by atomic mass is 10.5. The average molecular weight is 185 g/mol. The number of hydrogen-bond acceptors (Lipinski definition) is 4. The first-order valence-corrected chi connectivity index (χ1v) is 4.31. The maximum absolute atomic E-state index is 10.8. The highest BCUT2D eigenvalue weighted by molar-refractivity contribution is 5.86. The molecule has 0 radical (unpaired) electrons. The Morgan fingerprint density at radius 1 is 1.54 bits per heavy atom. The number of esters is 1. The molecular weight excluding hydrogens is 170 g/mol. The lowest BCUT2D eigenvalue weighted by molar-refractivity contribution is 0.0519. The van der Waals surface area contributed by atoms with Gasteiger partial charge in [-0.15, -0.1) is 0 Å². The summed E-state index contributed by atoms with van der Waals surface area (Å²) < 4.78 is 9.19. The van der Waals surface area contributed by atoms with E-state index in [1.54, 1.807) is 6.92 Å². The first-order chi connectivity index (χ1) is 6.26. The van der Waals surface area contributed by atoms with Gasteiger partial charge >= 0.3 is 5.97 Å². The third-order valence-electron chi connectivity index (χ3n) is 0.917. The molecule has 0 atom stereocenters. The first-order valence-electron chi connectivity index (χ1n) is 4.31. The highest BCUT2D eigenvalue weighted by Crippen LogP contribution is 1.96. The molecule has 13 heavy (non-hydrogen) atoms. The molecule has 0 saturated heterocycles. The second-order valence-corrected chi connectivity index (χ2v) is 2.30. The van der Waals surface area contributed by atoms with Gasteiger partial charge in [0, 0.05) is 0 Å². The van der Waals surface area contributed by atoms with Crippen molar-refractivity contribution < 1.29 is 13.9 Å². The largest absolute Gasteiger partial charge is 0.461 e. The van der Waals surface area contributed by atoms with E-state index in [1.165, 1.54) is 19.1 Å². The van der Waals surface area contributed by atoms with Crippen LogP contribution < -0.4 is 0 Å². The average Bonchev–Trinajstić information content (AvgIpc) is 2.58. The van der Waals surface area contributed by atoms with Gasteiger partial charge in [0.1, 0.15) is 6.26 Å². The number of nitrogens with zero attached hydrogens (tertiary/aromatic N) is 1. The molecule has 0 aromatic carbocycles. The molecule has 0 fully saturated rings. The maximum Gasteiger partial charge on any atom is 0.360 e. The smallest absolute Gasteiger partial charge is 0.360 e. The zero-order valence-corrected chi connectivity index (χ0v) is 8.24. The van der Waals surface area contributed by atoms with Gasteiger partial charge in [-0.05, 0) is 6.92 Å². The molecule has 1 aromatic rings. The van der Waals surface area contributed by atoms with Crippen LogP contribution in [0, 0.1) is 0 Å². The summed E-state index contributed by atoms with van der Waals surface area (Å²) in [6, 6.07) is 0. The Morgan fingerprint density at radius 2 is 2.15 bits per heavy atom. The predicted molar refractivity (Wildman–Crippen MR) is 48.4 cm³/mol. The molecule has 0 aliphatic carbocycles. The standard InChI is InChI=1S/C6H7NO3.C3H8/c1-2-10-6(8)5-3-9-4-7-5;1-3-2/h3-4H,2H2,1H3;3H2,1-2H3. The van der Waals surface area contributed by atoms with Crippen molar-refractivity contribution in [1.29, 1.82) is 0 Å². The molecule has 1 rings (SSSR count). The summed E-state index contributed by atoms with van der Waals surface area (Å²) in [5, 5.41) is 0. The zero-order chi connectivity index (χ0) is 10.1. The summed E-state index contributed by atoms with van der Waals surface area (Å²) >= 11 is 0. The number of ether oxygens (including phenoxy) is 1. The van der Waals surface area contributed by atoms with Gasteiger partial charge < -0.3 is 9.15 Å². The highest BCUT2D eigenvalue weighted by Gasteiger charge is 2.07. The van der Waals surface area contributed by atoms with Gasteiger partial charge in [-0.2, -0.15) is 0 Å². The van der Waals surface area contributed by atoms with E-state index in [2.05, 4.69) is 28.0 Å². The molecule has 1 heterocycles. The van der Waals surface area contributed by atoms with Gasteiger partial charge in [0.15, 0.2) is 12.1 Å². The number of carbonyl (C=O) groups excluding carboxylic acids is 1. The second-order valence-electron chi connectivity index (χ2n) is 2.30. The van der Waals surface area contributed by atoms with E-state index in [0.717, 1.165) is 0 Å². The molecule has 0 aliphatic rings. The Balaban J connectivity index is 0.000000424. The SMILES string of the molecule is CCC.CCOC(=O)c1cocn1. The van der Waals surface area contributed by atoms with Gasteiger partial charge in [-0.3, -0.25) is 0 Å². The summed E-state index contributed by atoms with van der Waals surface area (Å²) in [5.41, 5.74) is 0.210. The Morgan fingerprint density at radius 3 is 2.54 bits per heavy atom. The van der Waals surface area contributed by atoms with Crippen LogP contribution in [0.15, 0.2) is 17.1 Å². The molecule has 0 unspecified atom stereocenters. The fourth-order valence-electron chi connectivity index (χ4n) is 0.518. The van der Waals surface area contributed by atoms with Crippen molar-refractivity contribution >= 4 is 5.97 Å². The minimum Gasteiger partial charge on any atom is -0.461 e. The van der Waals surface area contributed by atoms with Gasteiger partial charge in [0.2, 0.25) is 0 Å². The molecule has 4 heteroatoms. The Kier molecular flexibility index (Phi) is 6.59. The van der Waals surface area contributed by atoms with E-state index in [-0.39, 0.29) is 5.69 Å². The molecule has 0 saturated carbocycles. The number of rotatable bonds is 2. The van der Waals surface area contributed by atoms with Crippen molar-refractivity contribution in [2.75, 3.05) is 6.61 Å². The summed E-state index contributed by atoms with van der Waals surface area (Å²) in [6.45, 7) is 6.34. The summed E-state index contributed by atoms with van der Waals surface area (Å²) in [5.74, 6) is -0.448. The molecule has 0 bridgehead atoms. The van der Waals surface area contributed by atoms with Crippen LogP contribution in [0.4, 0.5) is 0 Å². The van der Waals surface area contributed by atoms with Crippen molar-refractivity contribution in [2.45, 2.75) is 27.2 Å². The molecule has 74 valence electrons. The summed E-state index contributed by atoms with van der Waals surface area (Å²) in [6.07, 6.45) is 3.68. The lowest BCUT2D eigenvalue weighted by Gasteiger charge is -1.94. The van der Waals surface area contributed by atoms with Crippen LogP contribution in [-0.2, 0) is 4.74 Å². The fourth-order valence-corrected chi connectivity index (χ4v) is 0.518. The Bertz CT molecular complexity index is 219. The molecule has 0 N–H and O–H groups in total. The molecule has 4 nitrogen and oxygen atoms in total. The number of oxazole rings is 1. The predicted octanol–water partition coefficient (Wildman–Crippen LogP) is 2.27. The minimum atomic E-state index is -0.448. The van der Waals surface area contributed by atoms with Crippen LogP contribution in [0.5, 0.6) is 0 Å². The third-order valence-corrected chi connectivity index (χ3v) is 0.917. The summed E-state index contributed by atoms with van der Waals surface area (Å²) in [4.78, 5) is 14.4. The molecule has 0 spiro atoms. The van der Waals surface area contributed by atoms with Crippen LogP contribution in [0.3, 0.4) is 0 Å². The highest BCUT2D eigenvalue weighted by atomic mass is 16.5. The van der Waals surface area contributed by atoms with E-state index >= 15 is 0 Å². The van der Waals surface area contributed by atoms with Gasteiger partial charge in [0.05, 0.1) is 6.61 Å². The second kappa shape index (κ2) is 7.34. The quantitative estimate of drug-likeness (QED) is 0.663. The van der Waals surface area contributed by atoms with Gasteiger partial charge in [-0.1, -0.05) is 20.3 Å². The summed E-state index contributed by atoms with van der Waals surface area (Å²) in [7, 11) is 0. The van der Waals surface area contributed by atoms with Crippen LogP contribution in [0.1, 0.15) is 37.7 Å². The van der Waals surface area contributed by atoms with Gasteiger partial charge in [0.25, 0.3) is 0 Å². The van der Waals surface area contributed by atoms with E-state index < -0.39 is 5.97 Å². The number of carbonyl (C=O) groups is 1. The lowest BCUT2D eigenvalue weighted by Crippen LogP contribution is -2.04. The topological polar surface area (TPSA) is 52.3 Å². The Hall–Kier alpha value is -1.32. The molecule has 0 aliphatic heterocycles. The molecule has 0 amide bonds. The molecule has 1 aromatic heterocycles. The van der Waals surface area contributed by atoms with Crippen molar-refractivity contribution in [1.82, 2.24) is 4.98 Å².